The van der Waals surface area contributed by atoms with Crippen LogP contribution in [-0.2, 0) is 6.54 Å². The van der Waals surface area contributed by atoms with Gasteiger partial charge in [-0.3, -0.25) is 0 Å². The standard InChI is InChI=1S/C9H11N4S/c1-2-4-13-5-3-8(6-11-13)9-10-7-14-12-9/h3,5-7H,2,4H2,1H3/q+1. The quantitative estimate of drug-likeness (QED) is 0.712. The van der Waals surface area contributed by atoms with Gasteiger partial charge in [-0.15, -0.1) is 0 Å². The van der Waals surface area contributed by atoms with Gasteiger partial charge in [0.05, 0.1) is 5.56 Å². The molecule has 2 aromatic rings. The Kier molecular flexibility index (Phi) is 2.78. The summed E-state index contributed by atoms with van der Waals surface area (Å²) < 4.78 is 6.06. The Morgan fingerprint density at radius 2 is 2.43 bits per heavy atom. The van der Waals surface area contributed by atoms with E-state index in [1.165, 1.54) is 11.5 Å². The predicted octanol–water partition coefficient (Wildman–Crippen LogP) is 1.30. The molecule has 0 aliphatic heterocycles. The third kappa shape index (κ3) is 1.93. The molecule has 2 rings (SSSR count). The maximum atomic E-state index is 4.27. The van der Waals surface area contributed by atoms with Crippen molar-refractivity contribution in [3.05, 3.63) is 24.0 Å². The van der Waals surface area contributed by atoms with E-state index >= 15 is 0 Å². The monoisotopic (exact) mass is 207 g/mol. The van der Waals surface area contributed by atoms with Crippen molar-refractivity contribution in [3.63, 3.8) is 0 Å². The summed E-state index contributed by atoms with van der Waals surface area (Å²) in [6, 6.07) is 1.99. The van der Waals surface area contributed by atoms with Crippen LogP contribution in [0.15, 0.2) is 24.0 Å². The van der Waals surface area contributed by atoms with Crippen LogP contribution in [0.1, 0.15) is 13.3 Å². The number of rotatable bonds is 3. The summed E-state index contributed by atoms with van der Waals surface area (Å²) >= 11 is 1.35. The first-order valence-corrected chi connectivity index (χ1v) is 5.36. The Labute approximate surface area is 86.4 Å². The van der Waals surface area contributed by atoms with E-state index in [0.717, 1.165) is 24.4 Å². The fraction of sp³-hybridized carbons (Fsp3) is 0.333. The zero-order valence-electron chi connectivity index (χ0n) is 7.92. The molecule has 0 spiro atoms. The second kappa shape index (κ2) is 4.23. The molecule has 0 amide bonds. The van der Waals surface area contributed by atoms with E-state index in [2.05, 4.69) is 21.4 Å². The number of hydrogen-bond donors (Lipinski definition) is 0. The maximum absolute atomic E-state index is 4.27. The largest absolute Gasteiger partial charge is 0.223 e. The van der Waals surface area contributed by atoms with E-state index < -0.39 is 0 Å². The lowest BCUT2D eigenvalue weighted by molar-refractivity contribution is -0.753. The van der Waals surface area contributed by atoms with E-state index in [1.807, 2.05) is 16.9 Å². The van der Waals surface area contributed by atoms with Crippen molar-refractivity contribution in [2.24, 2.45) is 0 Å². The van der Waals surface area contributed by atoms with Gasteiger partial charge in [-0.05, 0) is 16.6 Å². The first kappa shape index (κ1) is 9.21. The van der Waals surface area contributed by atoms with Gasteiger partial charge >= 0.3 is 0 Å². The summed E-state index contributed by atoms with van der Waals surface area (Å²) in [6.45, 7) is 3.08. The van der Waals surface area contributed by atoms with Crippen LogP contribution < -0.4 is 4.68 Å². The SMILES string of the molecule is CCC[n+]1ccc(-c2ncsn2)cn1. The third-order valence-electron chi connectivity index (χ3n) is 1.84. The first-order chi connectivity index (χ1) is 6.90. The van der Waals surface area contributed by atoms with Crippen molar-refractivity contribution in [1.82, 2.24) is 14.5 Å². The van der Waals surface area contributed by atoms with Gasteiger partial charge in [-0.1, -0.05) is 11.6 Å². The van der Waals surface area contributed by atoms with Gasteiger partial charge in [0.25, 0.3) is 0 Å². The van der Waals surface area contributed by atoms with E-state index in [-0.39, 0.29) is 0 Å². The minimum atomic E-state index is 0.756. The summed E-state index contributed by atoms with van der Waals surface area (Å²) in [5.74, 6) is 0.756. The van der Waals surface area contributed by atoms with Gasteiger partial charge in [0, 0.05) is 12.5 Å². The number of aryl methyl sites for hydroxylation is 1. The lowest BCUT2D eigenvalue weighted by Crippen LogP contribution is -2.36. The van der Waals surface area contributed by atoms with Crippen LogP contribution in [0.25, 0.3) is 11.4 Å². The highest BCUT2D eigenvalue weighted by molar-refractivity contribution is 7.03. The first-order valence-electron chi connectivity index (χ1n) is 4.52. The fourth-order valence-electron chi connectivity index (χ4n) is 1.18. The van der Waals surface area contributed by atoms with E-state index in [4.69, 9.17) is 0 Å². The maximum Gasteiger partial charge on any atom is 0.197 e. The Hall–Kier alpha value is -1.36. The molecule has 0 aromatic carbocycles. The lowest BCUT2D eigenvalue weighted by Gasteiger charge is -1.92. The molecule has 14 heavy (non-hydrogen) atoms. The molecular weight excluding hydrogens is 196 g/mol. The molecule has 0 radical (unpaired) electrons. The van der Waals surface area contributed by atoms with Gasteiger partial charge in [0.1, 0.15) is 11.7 Å². The van der Waals surface area contributed by atoms with Crippen molar-refractivity contribution >= 4 is 11.5 Å². The molecule has 2 heterocycles. The zero-order valence-corrected chi connectivity index (χ0v) is 8.74. The summed E-state index contributed by atoms with van der Waals surface area (Å²) in [5.41, 5.74) is 2.70. The Balaban J connectivity index is 2.22. The third-order valence-corrected chi connectivity index (χ3v) is 2.32. The molecule has 0 unspecified atom stereocenters. The number of nitrogens with zero attached hydrogens (tertiary/aromatic N) is 4. The molecule has 0 aliphatic rings. The Morgan fingerprint density at radius 1 is 1.50 bits per heavy atom. The molecule has 0 saturated heterocycles. The van der Waals surface area contributed by atoms with Crippen LogP contribution in [0.3, 0.4) is 0 Å². The molecule has 5 heteroatoms. The van der Waals surface area contributed by atoms with Crippen LogP contribution in [0, 0.1) is 0 Å². The lowest BCUT2D eigenvalue weighted by atomic mass is 10.3. The van der Waals surface area contributed by atoms with Gasteiger partial charge in [-0.2, -0.15) is 4.37 Å². The number of aromatic nitrogens is 4. The highest BCUT2D eigenvalue weighted by Gasteiger charge is 2.05. The molecule has 0 atom stereocenters. The summed E-state index contributed by atoms with van der Waals surface area (Å²) in [4.78, 5) is 4.12. The second-order valence-electron chi connectivity index (χ2n) is 2.93. The average molecular weight is 207 g/mol. The highest BCUT2D eigenvalue weighted by Crippen LogP contribution is 2.11. The normalized spacial score (nSPS) is 10.4. The average Bonchev–Trinajstić information content (AvgIpc) is 2.72. The molecule has 0 bridgehead atoms. The molecule has 4 nitrogen and oxygen atoms in total. The Bertz CT molecular complexity index is 382. The van der Waals surface area contributed by atoms with Crippen LogP contribution in [0.5, 0.6) is 0 Å². The minimum absolute atomic E-state index is 0.756. The molecule has 0 fully saturated rings. The molecule has 0 saturated carbocycles. The Morgan fingerprint density at radius 3 is 3.00 bits per heavy atom. The summed E-state index contributed by atoms with van der Waals surface area (Å²) in [6.07, 6.45) is 4.85. The van der Waals surface area contributed by atoms with E-state index in [9.17, 15) is 0 Å². The molecule has 0 N–H and O–H groups in total. The molecular formula is C9H11N4S+. The molecule has 72 valence electrons. The van der Waals surface area contributed by atoms with Gasteiger partial charge in [0.15, 0.2) is 18.6 Å². The number of hydrogen-bond acceptors (Lipinski definition) is 4. The zero-order chi connectivity index (χ0) is 9.80. The van der Waals surface area contributed by atoms with Crippen molar-refractivity contribution in [2.45, 2.75) is 19.9 Å². The van der Waals surface area contributed by atoms with Crippen LogP contribution >= 0.6 is 11.5 Å². The highest BCUT2D eigenvalue weighted by atomic mass is 32.1. The van der Waals surface area contributed by atoms with Crippen molar-refractivity contribution < 1.29 is 4.68 Å². The van der Waals surface area contributed by atoms with Crippen molar-refractivity contribution in [2.75, 3.05) is 0 Å². The van der Waals surface area contributed by atoms with E-state index in [1.54, 1.807) is 11.7 Å². The molecule has 2 aromatic heterocycles. The fourth-order valence-corrected chi connectivity index (χ4v) is 1.62. The second-order valence-corrected chi connectivity index (χ2v) is 3.54. The minimum Gasteiger partial charge on any atom is -0.223 e. The topological polar surface area (TPSA) is 42.5 Å². The van der Waals surface area contributed by atoms with E-state index in [0.29, 0.717) is 0 Å². The van der Waals surface area contributed by atoms with Crippen LogP contribution in [0.2, 0.25) is 0 Å². The summed E-state index contributed by atoms with van der Waals surface area (Å²) in [5, 5.41) is 4.27. The predicted molar refractivity (Wildman–Crippen MR) is 53.6 cm³/mol. The summed E-state index contributed by atoms with van der Waals surface area (Å²) in [7, 11) is 0. The van der Waals surface area contributed by atoms with Crippen molar-refractivity contribution in [1.29, 1.82) is 0 Å². The van der Waals surface area contributed by atoms with Gasteiger partial charge in [-0.25, -0.2) is 4.98 Å². The molecule has 0 aliphatic carbocycles. The smallest absolute Gasteiger partial charge is 0.197 e. The van der Waals surface area contributed by atoms with Crippen LogP contribution in [-0.4, -0.2) is 14.5 Å². The van der Waals surface area contributed by atoms with Crippen LogP contribution in [0.4, 0.5) is 0 Å². The van der Waals surface area contributed by atoms with Gasteiger partial charge in [0.2, 0.25) is 0 Å². The van der Waals surface area contributed by atoms with Gasteiger partial charge < -0.3 is 0 Å². The van der Waals surface area contributed by atoms with Crippen molar-refractivity contribution in [3.8, 4) is 11.4 Å².